The van der Waals surface area contributed by atoms with E-state index in [2.05, 4.69) is 33.8 Å². The zero-order chi connectivity index (χ0) is 19.0. The van der Waals surface area contributed by atoms with Crippen molar-refractivity contribution in [2.45, 2.75) is 44.9 Å². The van der Waals surface area contributed by atoms with Crippen molar-refractivity contribution in [2.75, 3.05) is 33.9 Å². The van der Waals surface area contributed by atoms with Crippen LogP contribution in [0.2, 0.25) is 0 Å². The first-order valence-corrected chi connectivity index (χ1v) is 10.8. The number of nitrogens with zero attached hydrogens (tertiary/aromatic N) is 2. The number of rotatable bonds is 9. The third kappa shape index (κ3) is 5.66. The minimum absolute atomic E-state index is 0.370. The summed E-state index contributed by atoms with van der Waals surface area (Å²) in [4.78, 5) is 9.10. The molecule has 1 heterocycles. The maximum absolute atomic E-state index is 5.33. The Morgan fingerprint density at radius 1 is 1.26 bits per heavy atom. The minimum Gasteiger partial charge on any atom is -0.385 e. The van der Waals surface area contributed by atoms with E-state index in [1.54, 1.807) is 18.4 Å². The molecule has 0 unspecified atom stereocenters. The van der Waals surface area contributed by atoms with E-state index in [4.69, 9.17) is 9.72 Å². The van der Waals surface area contributed by atoms with E-state index in [0.29, 0.717) is 5.41 Å². The molecular weight excluding hydrogens is 356 g/mol. The van der Waals surface area contributed by atoms with Crippen molar-refractivity contribution in [3.63, 3.8) is 0 Å². The highest BCUT2D eigenvalue weighted by Crippen LogP contribution is 2.40. The van der Waals surface area contributed by atoms with Gasteiger partial charge in [0.2, 0.25) is 0 Å². The van der Waals surface area contributed by atoms with Crippen LogP contribution in [0.25, 0.3) is 10.2 Å². The van der Waals surface area contributed by atoms with Gasteiger partial charge in [0.1, 0.15) is 0 Å². The average molecular weight is 389 g/mol. The van der Waals surface area contributed by atoms with Gasteiger partial charge in [0.05, 0.1) is 15.2 Å². The van der Waals surface area contributed by atoms with Gasteiger partial charge in [-0.1, -0.05) is 25.0 Å². The molecule has 1 aliphatic carbocycles. The summed E-state index contributed by atoms with van der Waals surface area (Å²) in [7, 11) is 3.64. The van der Waals surface area contributed by atoms with Crippen LogP contribution in [0.3, 0.4) is 0 Å². The Morgan fingerprint density at radius 3 is 2.81 bits per heavy atom. The van der Waals surface area contributed by atoms with Crippen LogP contribution < -0.4 is 10.6 Å². The van der Waals surface area contributed by atoms with Gasteiger partial charge in [-0.15, -0.1) is 11.3 Å². The molecule has 2 aromatic rings. The number of aromatic nitrogens is 1. The van der Waals surface area contributed by atoms with Crippen LogP contribution in [-0.2, 0) is 11.2 Å². The second-order valence-electron chi connectivity index (χ2n) is 7.48. The summed E-state index contributed by atoms with van der Waals surface area (Å²) in [5.74, 6) is 0.906. The first-order valence-electron chi connectivity index (χ1n) is 10.0. The summed E-state index contributed by atoms with van der Waals surface area (Å²) >= 11 is 1.80. The number of nitrogens with one attached hydrogen (secondary N) is 2. The molecule has 0 spiro atoms. The first-order chi connectivity index (χ1) is 13.2. The summed E-state index contributed by atoms with van der Waals surface area (Å²) < 4.78 is 6.60. The molecule has 0 bridgehead atoms. The molecular formula is C21H32N4OS. The smallest absolute Gasteiger partial charge is 0.190 e. The third-order valence-corrected chi connectivity index (χ3v) is 6.65. The fourth-order valence-electron chi connectivity index (χ4n) is 3.92. The van der Waals surface area contributed by atoms with Crippen molar-refractivity contribution in [2.24, 2.45) is 10.4 Å². The normalized spacial score (nSPS) is 16.7. The predicted molar refractivity (Wildman–Crippen MR) is 115 cm³/mol. The molecule has 1 aromatic heterocycles. The van der Waals surface area contributed by atoms with Crippen molar-refractivity contribution in [3.8, 4) is 0 Å². The number of guanidine groups is 1. The fourth-order valence-corrected chi connectivity index (χ4v) is 4.93. The van der Waals surface area contributed by atoms with E-state index in [1.165, 1.54) is 35.4 Å². The summed E-state index contributed by atoms with van der Waals surface area (Å²) in [5, 5.41) is 8.22. The molecule has 27 heavy (non-hydrogen) atoms. The van der Waals surface area contributed by atoms with Crippen molar-refractivity contribution < 1.29 is 4.74 Å². The Kier molecular flexibility index (Phi) is 7.47. The van der Waals surface area contributed by atoms with Crippen LogP contribution in [-0.4, -0.2) is 44.8 Å². The minimum atomic E-state index is 0.370. The molecule has 1 fully saturated rings. The van der Waals surface area contributed by atoms with Gasteiger partial charge in [-0.25, -0.2) is 4.98 Å². The van der Waals surface area contributed by atoms with Crippen LogP contribution in [0.1, 0.15) is 43.5 Å². The van der Waals surface area contributed by atoms with Gasteiger partial charge in [-0.3, -0.25) is 4.99 Å². The quantitative estimate of drug-likeness (QED) is 0.387. The molecule has 0 aliphatic heterocycles. The molecule has 0 radical (unpaired) electrons. The van der Waals surface area contributed by atoms with E-state index in [0.717, 1.165) is 50.4 Å². The number of ether oxygens (including phenoxy) is 1. The van der Waals surface area contributed by atoms with Gasteiger partial charge in [0.15, 0.2) is 5.96 Å². The number of fused-ring (bicyclic) bond motifs is 1. The van der Waals surface area contributed by atoms with Crippen molar-refractivity contribution in [1.29, 1.82) is 0 Å². The van der Waals surface area contributed by atoms with Crippen LogP contribution in [0.5, 0.6) is 0 Å². The molecule has 148 valence electrons. The number of thiazole rings is 1. The lowest BCUT2D eigenvalue weighted by molar-refractivity contribution is 0.138. The number of hydrogen-bond acceptors (Lipinski definition) is 4. The van der Waals surface area contributed by atoms with Crippen molar-refractivity contribution >= 4 is 27.5 Å². The molecule has 0 saturated heterocycles. The zero-order valence-electron chi connectivity index (χ0n) is 16.6. The standard InChI is InChI=1S/C21H32N4OS/c1-22-20(24-16-21(13-15-26-2)11-5-6-12-21)23-14-7-10-19-25-17-8-3-4-9-18(17)27-19/h3-4,8-9H,5-7,10-16H2,1-2H3,(H2,22,23,24). The summed E-state index contributed by atoms with van der Waals surface area (Å²) in [6.45, 7) is 2.73. The molecule has 2 N–H and O–H groups in total. The molecule has 6 heteroatoms. The number of para-hydroxylation sites is 1. The number of aryl methyl sites for hydroxylation is 1. The molecule has 3 rings (SSSR count). The maximum Gasteiger partial charge on any atom is 0.190 e. The Balaban J connectivity index is 1.41. The highest BCUT2D eigenvalue weighted by molar-refractivity contribution is 7.18. The lowest BCUT2D eigenvalue weighted by atomic mass is 9.83. The van der Waals surface area contributed by atoms with Gasteiger partial charge in [-0.05, 0) is 43.2 Å². The number of aliphatic imine (C=N–C) groups is 1. The van der Waals surface area contributed by atoms with E-state index < -0.39 is 0 Å². The highest BCUT2D eigenvalue weighted by atomic mass is 32.1. The van der Waals surface area contributed by atoms with E-state index in [9.17, 15) is 0 Å². The summed E-state index contributed by atoms with van der Waals surface area (Å²) in [6.07, 6.45) is 8.43. The van der Waals surface area contributed by atoms with Gasteiger partial charge >= 0.3 is 0 Å². The second-order valence-corrected chi connectivity index (χ2v) is 8.60. The topological polar surface area (TPSA) is 58.5 Å². The van der Waals surface area contributed by atoms with Crippen LogP contribution >= 0.6 is 11.3 Å². The zero-order valence-corrected chi connectivity index (χ0v) is 17.4. The Hall–Kier alpha value is -1.66. The first kappa shape index (κ1) is 20.1. The third-order valence-electron chi connectivity index (χ3n) is 5.55. The monoisotopic (exact) mass is 388 g/mol. The Bertz CT molecular complexity index is 704. The fraction of sp³-hybridized carbons (Fsp3) is 0.619. The van der Waals surface area contributed by atoms with Crippen molar-refractivity contribution in [3.05, 3.63) is 29.3 Å². The van der Waals surface area contributed by atoms with E-state index in [1.807, 2.05) is 13.1 Å². The summed E-state index contributed by atoms with van der Waals surface area (Å²) in [5.41, 5.74) is 1.48. The maximum atomic E-state index is 5.33. The molecule has 5 nitrogen and oxygen atoms in total. The molecule has 1 saturated carbocycles. The van der Waals surface area contributed by atoms with Gasteiger partial charge < -0.3 is 15.4 Å². The molecule has 1 aliphatic rings. The number of hydrogen-bond donors (Lipinski definition) is 2. The van der Waals surface area contributed by atoms with Crippen molar-refractivity contribution in [1.82, 2.24) is 15.6 Å². The van der Waals surface area contributed by atoms with E-state index in [-0.39, 0.29) is 0 Å². The lowest BCUT2D eigenvalue weighted by Crippen LogP contribution is -2.43. The van der Waals surface area contributed by atoms with Gasteiger partial charge in [-0.2, -0.15) is 0 Å². The van der Waals surface area contributed by atoms with Gasteiger partial charge in [0.25, 0.3) is 0 Å². The Morgan fingerprint density at radius 2 is 2.07 bits per heavy atom. The Labute approximate surface area is 166 Å². The molecule has 0 amide bonds. The van der Waals surface area contributed by atoms with Crippen LogP contribution in [0.4, 0.5) is 0 Å². The lowest BCUT2D eigenvalue weighted by Gasteiger charge is -2.29. The van der Waals surface area contributed by atoms with Gasteiger partial charge in [0, 0.05) is 40.3 Å². The SMILES string of the molecule is CN=C(NCCCc1nc2ccccc2s1)NCC1(CCOC)CCCC1. The summed E-state index contributed by atoms with van der Waals surface area (Å²) in [6, 6.07) is 8.35. The van der Waals surface area contributed by atoms with E-state index >= 15 is 0 Å². The van der Waals surface area contributed by atoms with Crippen LogP contribution in [0, 0.1) is 5.41 Å². The highest BCUT2D eigenvalue weighted by Gasteiger charge is 2.33. The number of benzene rings is 1. The molecule has 0 atom stereocenters. The molecule has 1 aromatic carbocycles. The second kappa shape index (κ2) is 10.0. The largest absolute Gasteiger partial charge is 0.385 e. The predicted octanol–water partition coefficient (Wildman–Crippen LogP) is 3.99. The average Bonchev–Trinajstić information content (AvgIpc) is 3.33. The van der Waals surface area contributed by atoms with Crippen LogP contribution in [0.15, 0.2) is 29.3 Å². The number of methoxy groups -OCH3 is 1.